The molecule has 0 radical (unpaired) electrons. The van der Waals surface area contributed by atoms with Crippen LogP contribution in [0.5, 0.6) is 0 Å². The normalized spacial score (nSPS) is 23.4. The molecule has 0 bridgehead atoms. The van der Waals surface area contributed by atoms with Crippen molar-refractivity contribution in [1.82, 2.24) is 24.3 Å². The minimum Gasteiger partial charge on any atom is -0.270 e. The number of rotatable bonds is 3. The van der Waals surface area contributed by atoms with E-state index in [0.717, 1.165) is 37.2 Å². The van der Waals surface area contributed by atoms with Crippen molar-refractivity contribution in [3.8, 4) is 6.07 Å². The van der Waals surface area contributed by atoms with Crippen LogP contribution in [-0.4, -0.2) is 24.3 Å². The van der Waals surface area contributed by atoms with Gasteiger partial charge in [-0.3, -0.25) is 14.5 Å². The summed E-state index contributed by atoms with van der Waals surface area (Å²) < 4.78 is 3.44. The third-order valence-corrected chi connectivity index (χ3v) is 5.73. The quantitative estimate of drug-likeness (QED) is 0.717. The second-order valence-electron chi connectivity index (χ2n) is 7.26. The number of benzene rings is 1. The summed E-state index contributed by atoms with van der Waals surface area (Å²) >= 11 is 0. The zero-order valence-corrected chi connectivity index (χ0v) is 14.7. The Morgan fingerprint density at radius 3 is 2.89 bits per heavy atom. The Kier molecular flexibility index (Phi) is 3.64. The molecule has 1 atom stereocenters. The molecule has 1 saturated carbocycles. The first-order chi connectivity index (χ1) is 13.2. The van der Waals surface area contributed by atoms with Crippen LogP contribution in [0.1, 0.15) is 59.9 Å². The number of aromatic nitrogens is 5. The molecule has 5 rings (SSSR count). The van der Waals surface area contributed by atoms with Gasteiger partial charge in [-0.15, -0.1) is 0 Å². The first-order valence-corrected chi connectivity index (χ1v) is 9.20. The number of hydrogen-bond acceptors (Lipinski definition) is 5. The molecule has 1 aromatic carbocycles. The first kappa shape index (κ1) is 15.9. The lowest BCUT2D eigenvalue weighted by atomic mass is 9.75. The number of aryl methyl sites for hydroxylation is 1. The Morgan fingerprint density at radius 2 is 2.11 bits per heavy atom. The number of nitrogens with zero attached hydrogens (tertiary/aromatic N) is 6. The maximum atomic E-state index is 13.0. The van der Waals surface area contributed by atoms with Gasteiger partial charge < -0.3 is 0 Å². The van der Waals surface area contributed by atoms with E-state index in [4.69, 9.17) is 5.26 Å². The van der Waals surface area contributed by atoms with Crippen molar-refractivity contribution in [2.24, 2.45) is 0 Å². The van der Waals surface area contributed by atoms with E-state index in [1.165, 1.54) is 5.56 Å². The summed E-state index contributed by atoms with van der Waals surface area (Å²) in [6, 6.07) is 9.97. The summed E-state index contributed by atoms with van der Waals surface area (Å²) in [7, 11) is 0. The predicted octanol–water partition coefficient (Wildman–Crippen LogP) is 2.36. The lowest BCUT2D eigenvalue weighted by Gasteiger charge is -2.35. The lowest BCUT2D eigenvalue weighted by Crippen LogP contribution is -2.35. The van der Waals surface area contributed by atoms with E-state index in [9.17, 15) is 4.79 Å². The summed E-state index contributed by atoms with van der Waals surface area (Å²) in [6.07, 6.45) is 8.40. The second-order valence-corrected chi connectivity index (χ2v) is 7.26. The molecule has 7 heteroatoms. The summed E-state index contributed by atoms with van der Waals surface area (Å²) in [5, 5.41) is 13.7. The van der Waals surface area contributed by atoms with Crippen molar-refractivity contribution in [3.05, 3.63) is 76.0 Å². The third kappa shape index (κ3) is 2.56. The van der Waals surface area contributed by atoms with E-state index in [1.54, 1.807) is 27.8 Å². The van der Waals surface area contributed by atoms with Gasteiger partial charge in [-0.2, -0.15) is 10.4 Å². The highest BCUT2D eigenvalue weighted by atomic mass is 16.2. The molecule has 27 heavy (non-hydrogen) atoms. The fraction of sp³-hybridized carbons (Fsp3) is 0.350. The fourth-order valence-electron chi connectivity index (χ4n) is 4.24. The van der Waals surface area contributed by atoms with Crippen molar-refractivity contribution >= 4 is 0 Å². The number of fused-ring (bicyclic) bond motifs is 1. The number of hydrogen-bond donors (Lipinski definition) is 0. The zero-order chi connectivity index (χ0) is 18.4. The average Bonchev–Trinajstić information content (AvgIpc) is 3.22. The van der Waals surface area contributed by atoms with Crippen LogP contribution < -0.4 is 5.69 Å². The number of nitriles is 1. The lowest BCUT2D eigenvalue weighted by molar-refractivity contribution is 0.236. The van der Waals surface area contributed by atoms with Crippen LogP contribution in [0.2, 0.25) is 0 Å². The Hall–Kier alpha value is -3.27. The average molecular weight is 358 g/mol. The maximum absolute atomic E-state index is 13.0. The molecule has 1 aliphatic heterocycles. The van der Waals surface area contributed by atoms with E-state index in [-0.39, 0.29) is 17.8 Å². The van der Waals surface area contributed by atoms with Crippen LogP contribution in [0.25, 0.3) is 0 Å². The van der Waals surface area contributed by atoms with Crippen molar-refractivity contribution in [3.63, 3.8) is 0 Å². The van der Waals surface area contributed by atoms with Gasteiger partial charge >= 0.3 is 5.69 Å². The highest BCUT2D eigenvalue weighted by molar-refractivity contribution is 5.35. The van der Waals surface area contributed by atoms with E-state index < -0.39 is 0 Å². The molecule has 1 fully saturated rings. The van der Waals surface area contributed by atoms with E-state index in [1.807, 2.05) is 18.2 Å². The van der Waals surface area contributed by atoms with E-state index in [0.29, 0.717) is 11.5 Å². The van der Waals surface area contributed by atoms with Crippen LogP contribution in [0, 0.1) is 11.3 Å². The molecule has 0 saturated heterocycles. The fourth-order valence-corrected chi connectivity index (χ4v) is 4.24. The minimum atomic E-state index is -0.0712. The molecular formula is C20H18N6O. The largest absolute Gasteiger partial charge is 0.346 e. The zero-order valence-electron chi connectivity index (χ0n) is 14.7. The van der Waals surface area contributed by atoms with Gasteiger partial charge in [0.1, 0.15) is 5.82 Å². The topological polar surface area (TPSA) is 89.4 Å². The standard InChI is InChI=1S/C20H18N6O/c21-11-13-2-1-3-14(8-13)15-9-16(10-15)26-20(27)25-18(4-5-19(25)24-26)17-12-22-6-7-23-17/h1-3,6-8,12,15-16,18H,4-5,9-10H2/t15?,16?,18-/m0/s1. The summed E-state index contributed by atoms with van der Waals surface area (Å²) in [5.41, 5.74) is 2.62. The van der Waals surface area contributed by atoms with Crippen molar-refractivity contribution in [1.29, 1.82) is 5.26 Å². The molecule has 2 aliphatic rings. The van der Waals surface area contributed by atoms with Gasteiger partial charge in [0.25, 0.3) is 0 Å². The van der Waals surface area contributed by atoms with Gasteiger partial charge in [-0.25, -0.2) is 9.48 Å². The van der Waals surface area contributed by atoms with Crippen LogP contribution in [0.3, 0.4) is 0 Å². The first-order valence-electron chi connectivity index (χ1n) is 9.20. The molecule has 0 amide bonds. The summed E-state index contributed by atoms with van der Waals surface area (Å²) in [5.74, 6) is 1.22. The second kappa shape index (κ2) is 6.16. The summed E-state index contributed by atoms with van der Waals surface area (Å²) in [4.78, 5) is 21.5. The van der Waals surface area contributed by atoms with E-state index >= 15 is 0 Å². The minimum absolute atomic E-state index is 0.0487. The molecule has 0 spiro atoms. The highest BCUT2D eigenvalue weighted by Crippen LogP contribution is 2.44. The molecule has 2 aromatic heterocycles. The van der Waals surface area contributed by atoms with E-state index in [2.05, 4.69) is 27.2 Å². The van der Waals surface area contributed by atoms with Crippen molar-refractivity contribution in [2.75, 3.05) is 0 Å². The van der Waals surface area contributed by atoms with Gasteiger partial charge in [-0.05, 0) is 42.9 Å². The van der Waals surface area contributed by atoms with Crippen molar-refractivity contribution < 1.29 is 0 Å². The molecule has 1 aliphatic carbocycles. The molecule has 7 nitrogen and oxygen atoms in total. The SMILES string of the molecule is N#Cc1cccc(C2CC(n3nc4n(c3=O)[C@H](c3cnccn3)CC4)C2)c1. The molecule has 3 aromatic rings. The molecule has 134 valence electrons. The van der Waals surface area contributed by atoms with Crippen molar-refractivity contribution in [2.45, 2.75) is 43.7 Å². The molecule has 0 unspecified atom stereocenters. The summed E-state index contributed by atoms with van der Waals surface area (Å²) in [6.45, 7) is 0. The highest BCUT2D eigenvalue weighted by Gasteiger charge is 2.37. The van der Waals surface area contributed by atoms with Gasteiger partial charge in [0.15, 0.2) is 0 Å². The Morgan fingerprint density at radius 1 is 1.22 bits per heavy atom. The predicted molar refractivity (Wildman–Crippen MR) is 97.1 cm³/mol. The maximum Gasteiger partial charge on any atom is 0.346 e. The van der Waals surface area contributed by atoms with Gasteiger partial charge in [0.05, 0.1) is 35.6 Å². The molecule has 0 N–H and O–H groups in total. The molecular weight excluding hydrogens is 340 g/mol. The van der Waals surface area contributed by atoms with Gasteiger partial charge in [0.2, 0.25) is 0 Å². The van der Waals surface area contributed by atoms with Gasteiger partial charge in [0, 0.05) is 18.8 Å². The smallest absolute Gasteiger partial charge is 0.270 e. The van der Waals surface area contributed by atoms with Crippen LogP contribution in [0.15, 0.2) is 47.7 Å². The van der Waals surface area contributed by atoms with Crippen LogP contribution >= 0.6 is 0 Å². The van der Waals surface area contributed by atoms with Gasteiger partial charge in [-0.1, -0.05) is 12.1 Å². The Labute approximate surface area is 155 Å². The van der Waals surface area contributed by atoms with Crippen LogP contribution in [0.4, 0.5) is 0 Å². The Balaban J connectivity index is 1.38. The van der Waals surface area contributed by atoms with Crippen LogP contribution in [-0.2, 0) is 6.42 Å². The third-order valence-electron chi connectivity index (χ3n) is 5.73. The monoisotopic (exact) mass is 358 g/mol. The molecule has 3 heterocycles. The Bertz CT molecular complexity index is 1090.